The highest BCUT2D eigenvalue weighted by atomic mass is 16.5. The lowest BCUT2D eigenvalue weighted by molar-refractivity contribution is -0.143. The van der Waals surface area contributed by atoms with E-state index in [0.29, 0.717) is 26.2 Å². The van der Waals surface area contributed by atoms with Crippen molar-refractivity contribution < 1.29 is 14.3 Å². The molecule has 0 aromatic heterocycles. The van der Waals surface area contributed by atoms with Crippen LogP contribution in [0.1, 0.15) is 39.2 Å². The largest absolute Gasteiger partial charge is 0.483 e. The van der Waals surface area contributed by atoms with Gasteiger partial charge < -0.3 is 14.5 Å². The summed E-state index contributed by atoms with van der Waals surface area (Å²) in [5.74, 6) is 1.10. The van der Waals surface area contributed by atoms with Crippen LogP contribution in [0.2, 0.25) is 0 Å². The Bertz CT molecular complexity index is 576. The van der Waals surface area contributed by atoms with Gasteiger partial charge in [-0.1, -0.05) is 39.0 Å². The first-order valence-electron chi connectivity index (χ1n) is 9.37. The molecule has 1 fully saturated rings. The summed E-state index contributed by atoms with van der Waals surface area (Å²) >= 11 is 0. The van der Waals surface area contributed by atoms with Crippen LogP contribution >= 0.6 is 0 Å². The third-order valence-corrected chi connectivity index (χ3v) is 4.98. The molecule has 1 aromatic rings. The summed E-state index contributed by atoms with van der Waals surface area (Å²) in [6.07, 6.45) is 2.62. The minimum absolute atomic E-state index is 0.0134. The number of ether oxygens (including phenoxy) is 1. The van der Waals surface area contributed by atoms with Crippen LogP contribution in [0.4, 0.5) is 0 Å². The number of benzene rings is 1. The van der Waals surface area contributed by atoms with E-state index in [-0.39, 0.29) is 24.3 Å². The quantitative estimate of drug-likeness (QED) is 0.763. The standard InChI is InChI=1S/C20H30N2O3/c1-4-16(5-2)20(24)22-13-11-21(12-14-22)19(23)15-25-18-10-8-7-9-17(18)6-3/h7-10,16H,4-6,11-15H2,1-3H3. The molecule has 0 atom stereocenters. The molecule has 1 aliphatic heterocycles. The molecule has 5 nitrogen and oxygen atoms in total. The second kappa shape index (κ2) is 9.44. The van der Waals surface area contributed by atoms with Gasteiger partial charge in [0, 0.05) is 32.1 Å². The Kier molecular flexibility index (Phi) is 7.29. The molecule has 0 unspecified atom stereocenters. The Morgan fingerprint density at radius 1 is 1.00 bits per heavy atom. The number of piperazine rings is 1. The smallest absolute Gasteiger partial charge is 0.260 e. The van der Waals surface area contributed by atoms with Gasteiger partial charge in [0.1, 0.15) is 5.75 Å². The van der Waals surface area contributed by atoms with Crippen molar-refractivity contribution in [3.63, 3.8) is 0 Å². The molecule has 25 heavy (non-hydrogen) atoms. The Morgan fingerprint density at radius 3 is 2.20 bits per heavy atom. The molecule has 0 spiro atoms. The number of hydrogen-bond acceptors (Lipinski definition) is 3. The van der Waals surface area contributed by atoms with Crippen molar-refractivity contribution in [3.8, 4) is 5.75 Å². The fraction of sp³-hybridized carbons (Fsp3) is 0.600. The van der Waals surface area contributed by atoms with Gasteiger partial charge in [0.2, 0.25) is 5.91 Å². The molecule has 138 valence electrons. The van der Waals surface area contributed by atoms with Crippen LogP contribution < -0.4 is 4.74 Å². The van der Waals surface area contributed by atoms with Gasteiger partial charge in [0.15, 0.2) is 6.61 Å². The van der Waals surface area contributed by atoms with Crippen LogP contribution in [-0.2, 0) is 16.0 Å². The number of amides is 2. The van der Waals surface area contributed by atoms with Crippen LogP contribution in [-0.4, -0.2) is 54.4 Å². The molecular formula is C20H30N2O3. The predicted octanol–water partition coefficient (Wildman–Crippen LogP) is 2.73. The van der Waals surface area contributed by atoms with Crippen molar-refractivity contribution >= 4 is 11.8 Å². The summed E-state index contributed by atoms with van der Waals surface area (Å²) in [5.41, 5.74) is 1.11. The van der Waals surface area contributed by atoms with Gasteiger partial charge in [0.25, 0.3) is 5.91 Å². The van der Waals surface area contributed by atoms with Gasteiger partial charge in [0.05, 0.1) is 0 Å². The average Bonchev–Trinajstić information content (AvgIpc) is 2.67. The maximum absolute atomic E-state index is 12.4. The molecule has 1 saturated heterocycles. The summed E-state index contributed by atoms with van der Waals surface area (Å²) in [5, 5.41) is 0. The molecule has 1 aromatic carbocycles. The van der Waals surface area contributed by atoms with Gasteiger partial charge in [-0.3, -0.25) is 9.59 Å². The maximum Gasteiger partial charge on any atom is 0.260 e. The summed E-state index contributed by atoms with van der Waals surface area (Å²) < 4.78 is 5.72. The van der Waals surface area contributed by atoms with Crippen LogP contribution in [0, 0.1) is 5.92 Å². The van der Waals surface area contributed by atoms with Crippen molar-refractivity contribution in [1.82, 2.24) is 9.80 Å². The first-order chi connectivity index (χ1) is 12.1. The molecule has 1 heterocycles. The Labute approximate surface area is 150 Å². The van der Waals surface area contributed by atoms with Gasteiger partial charge in [-0.15, -0.1) is 0 Å². The van der Waals surface area contributed by atoms with Crippen molar-refractivity contribution in [2.75, 3.05) is 32.8 Å². The van der Waals surface area contributed by atoms with Crippen LogP contribution in [0.25, 0.3) is 0 Å². The molecule has 0 N–H and O–H groups in total. The van der Waals surface area contributed by atoms with Crippen molar-refractivity contribution in [1.29, 1.82) is 0 Å². The summed E-state index contributed by atoms with van der Waals surface area (Å²) in [6.45, 7) is 8.64. The molecule has 2 rings (SSSR count). The highest BCUT2D eigenvalue weighted by Crippen LogP contribution is 2.18. The van der Waals surface area contributed by atoms with Crippen LogP contribution in [0.15, 0.2) is 24.3 Å². The van der Waals surface area contributed by atoms with Gasteiger partial charge in [-0.2, -0.15) is 0 Å². The highest BCUT2D eigenvalue weighted by molar-refractivity contribution is 5.80. The van der Waals surface area contributed by atoms with Crippen LogP contribution in [0.5, 0.6) is 5.75 Å². The summed E-state index contributed by atoms with van der Waals surface area (Å²) in [6, 6.07) is 7.81. The zero-order valence-electron chi connectivity index (χ0n) is 15.7. The van der Waals surface area contributed by atoms with E-state index < -0.39 is 0 Å². The van der Waals surface area contributed by atoms with E-state index in [9.17, 15) is 9.59 Å². The summed E-state index contributed by atoms with van der Waals surface area (Å²) in [4.78, 5) is 28.5. The minimum Gasteiger partial charge on any atom is -0.483 e. The molecule has 5 heteroatoms. The fourth-order valence-corrected chi connectivity index (χ4v) is 3.24. The first-order valence-corrected chi connectivity index (χ1v) is 9.37. The van der Waals surface area contributed by atoms with E-state index in [1.54, 1.807) is 4.90 Å². The number of aryl methyl sites for hydroxylation is 1. The monoisotopic (exact) mass is 346 g/mol. The number of hydrogen-bond donors (Lipinski definition) is 0. The van der Waals surface area contributed by atoms with Crippen molar-refractivity contribution in [2.45, 2.75) is 40.0 Å². The second-order valence-corrected chi connectivity index (χ2v) is 6.47. The lowest BCUT2D eigenvalue weighted by Crippen LogP contribution is -2.52. The highest BCUT2D eigenvalue weighted by Gasteiger charge is 2.27. The minimum atomic E-state index is -0.0134. The van der Waals surface area contributed by atoms with E-state index in [1.807, 2.05) is 29.2 Å². The maximum atomic E-state index is 12.4. The van der Waals surface area contributed by atoms with Crippen molar-refractivity contribution in [3.05, 3.63) is 29.8 Å². The fourth-order valence-electron chi connectivity index (χ4n) is 3.24. The Balaban J connectivity index is 1.82. The molecule has 0 saturated carbocycles. The normalized spacial score (nSPS) is 14.7. The predicted molar refractivity (Wildman–Crippen MR) is 98.5 cm³/mol. The number of para-hydroxylation sites is 1. The summed E-state index contributed by atoms with van der Waals surface area (Å²) in [7, 11) is 0. The van der Waals surface area contributed by atoms with Crippen LogP contribution in [0.3, 0.4) is 0 Å². The lowest BCUT2D eigenvalue weighted by Gasteiger charge is -2.36. The van der Waals surface area contributed by atoms with Crippen molar-refractivity contribution in [2.24, 2.45) is 5.92 Å². The molecule has 1 aliphatic rings. The zero-order valence-corrected chi connectivity index (χ0v) is 15.7. The van der Waals surface area contributed by atoms with E-state index in [2.05, 4.69) is 20.8 Å². The van der Waals surface area contributed by atoms with E-state index in [1.165, 1.54) is 0 Å². The average molecular weight is 346 g/mol. The number of nitrogens with zero attached hydrogens (tertiary/aromatic N) is 2. The molecule has 0 bridgehead atoms. The van der Waals surface area contributed by atoms with Gasteiger partial charge >= 0.3 is 0 Å². The zero-order chi connectivity index (χ0) is 18.2. The second-order valence-electron chi connectivity index (χ2n) is 6.47. The first kappa shape index (κ1) is 19.3. The molecule has 2 amide bonds. The number of carbonyl (C=O) groups excluding carboxylic acids is 2. The van der Waals surface area contributed by atoms with Gasteiger partial charge in [-0.25, -0.2) is 0 Å². The van der Waals surface area contributed by atoms with Gasteiger partial charge in [-0.05, 0) is 30.9 Å². The Morgan fingerprint density at radius 2 is 1.60 bits per heavy atom. The number of rotatable bonds is 7. The third-order valence-electron chi connectivity index (χ3n) is 4.98. The lowest BCUT2D eigenvalue weighted by atomic mass is 10.0. The molecule has 0 aliphatic carbocycles. The molecule has 0 radical (unpaired) electrons. The number of carbonyl (C=O) groups is 2. The van der Waals surface area contributed by atoms with E-state index in [0.717, 1.165) is 30.6 Å². The third kappa shape index (κ3) is 4.97. The Hall–Kier alpha value is -2.04. The topological polar surface area (TPSA) is 49.9 Å². The van der Waals surface area contributed by atoms with E-state index >= 15 is 0 Å². The molecular weight excluding hydrogens is 316 g/mol. The van der Waals surface area contributed by atoms with E-state index in [4.69, 9.17) is 4.74 Å². The SMILES string of the molecule is CCc1ccccc1OCC(=O)N1CCN(C(=O)C(CC)CC)CC1.